The fourth-order valence-corrected chi connectivity index (χ4v) is 2.20. The summed E-state index contributed by atoms with van der Waals surface area (Å²) in [5.74, 6) is -0.748. The number of rotatable bonds is 2. The van der Waals surface area contributed by atoms with E-state index < -0.39 is 5.97 Å². The second-order valence-electron chi connectivity index (χ2n) is 4.22. The molecular weight excluding hydrogens is 254 g/mol. The normalized spacial score (nSPS) is 10.3. The highest BCUT2D eigenvalue weighted by Crippen LogP contribution is 2.24. The van der Waals surface area contributed by atoms with E-state index in [1.165, 1.54) is 12.3 Å². The summed E-state index contributed by atoms with van der Waals surface area (Å²) in [6, 6.07) is 12.5. The van der Waals surface area contributed by atoms with Crippen LogP contribution in [0.25, 0.3) is 16.7 Å². The summed E-state index contributed by atoms with van der Waals surface area (Å²) in [7, 11) is 0. The van der Waals surface area contributed by atoms with Gasteiger partial charge in [-0.25, -0.2) is 9.78 Å². The van der Waals surface area contributed by atoms with Gasteiger partial charge in [0, 0.05) is 17.8 Å². The first-order valence-electron chi connectivity index (χ1n) is 5.91. The largest absolute Gasteiger partial charge is 0.478 e. The van der Waals surface area contributed by atoms with Crippen molar-refractivity contribution >= 4 is 16.9 Å². The van der Waals surface area contributed by atoms with Crippen molar-refractivity contribution in [2.45, 2.75) is 0 Å². The van der Waals surface area contributed by atoms with Gasteiger partial charge in [0.05, 0.1) is 11.1 Å². The first-order chi connectivity index (χ1) is 9.72. The van der Waals surface area contributed by atoms with Gasteiger partial charge in [0.1, 0.15) is 11.6 Å². The van der Waals surface area contributed by atoms with Gasteiger partial charge in [-0.15, -0.1) is 0 Å². The van der Waals surface area contributed by atoms with Gasteiger partial charge in [0.15, 0.2) is 5.82 Å². The van der Waals surface area contributed by atoms with Crippen molar-refractivity contribution in [3.05, 3.63) is 59.9 Å². The van der Waals surface area contributed by atoms with Crippen LogP contribution >= 0.6 is 0 Å². The second-order valence-corrected chi connectivity index (χ2v) is 4.22. The van der Waals surface area contributed by atoms with Crippen LogP contribution in [0, 0.1) is 11.3 Å². The summed E-state index contributed by atoms with van der Waals surface area (Å²) in [6.45, 7) is 0. The SMILES string of the molecule is N#Cc1cn(-c2ncccc2C(=O)O)c2ccccc12. The Kier molecular flexibility index (Phi) is 2.70. The van der Waals surface area contributed by atoms with Crippen molar-refractivity contribution < 1.29 is 9.90 Å². The number of para-hydroxylation sites is 1. The molecule has 0 atom stereocenters. The van der Waals surface area contributed by atoms with Crippen LogP contribution < -0.4 is 0 Å². The van der Waals surface area contributed by atoms with Gasteiger partial charge in [0.2, 0.25) is 0 Å². The topological polar surface area (TPSA) is 78.9 Å². The number of pyridine rings is 1. The predicted octanol–water partition coefficient (Wildman–Crippen LogP) is 2.60. The van der Waals surface area contributed by atoms with E-state index in [-0.39, 0.29) is 5.56 Å². The molecule has 5 heteroatoms. The molecule has 2 aromatic heterocycles. The van der Waals surface area contributed by atoms with Crippen molar-refractivity contribution in [3.63, 3.8) is 0 Å². The van der Waals surface area contributed by atoms with Gasteiger partial charge >= 0.3 is 5.97 Å². The highest BCUT2D eigenvalue weighted by molar-refractivity contribution is 5.93. The van der Waals surface area contributed by atoms with E-state index in [1.807, 2.05) is 24.3 Å². The smallest absolute Gasteiger partial charge is 0.339 e. The molecule has 0 spiro atoms. The number of carboxylic acid groups (broad SMARTS) is 1. The number of hydrogen-bond acceptors (Lipinski definition) is 3. The van der Waals surface area contributed by atoms with E-state index in [0.29, 0.717) is 11.4 Å². The predicted molar refractivity (Wildman–Crippen MR) is 72.7 cm³/mol. The Morgan fingerprint density at radius 3 is 2.80 bits per heavy atom. The molecule has 0 aliphatic heterocycles. The molecule has 0 radical (unpaired) electrons. The number of carboxylic acids is 1. The van der Waals surface area contributed by atoms with Gasteiger partial charge in [-0.3, -0.25) is 4.57 Å². The van der Waals surface area contributed by atoms with Crippen LogP contribution in [-0.2, 0) is 0 Å². The van der Waals surface area contributed by atoms with E-state index >= 15 is 0 Å². The van der Waals surface area contributed by atoms with Crippen molar-refractivity contribution in [1.29, 1.82) is 5.26 Å². The molecule has 0 unspecified atom stereocenters. The molecular formula is C15H9N3O2. The average Bonchev–Trinajstić information content (AvgIpc) is 2.86. The van der Waals surface area contributed by atoms with Crippen LogP contribution in [0.2, 0.25) is 0 Å². The fourth-order valence-electron chi connectivity index (χ4n) is 2.20. The molecule has 0 fully saturated rings. The van der Waals surface area contributed by atoms with E-state index in [0.717, 1.165) is 10.9 Å². The zero-order chi connectivity index (χ0) is 14.1. The van der Waals surface area contributed by atoms with Crippen molar-refractivity contribution in [2.75, 3.05) is 0 Å². The van der Waals surface area contributed by atoms with Crippen LogP contribution in [-0.4, -0.2) is 20.6 Å². The van der Waals surface area contributed by atoms with E-state index in [2.05, 4.69) is 11.1 Å². The first kappa shape index (κ1) is 11.9. The van der Waals surface area contributed by atoms with Gasteiger partial charge < -0.3 is 5.11 Å². The summed E-state index contributed by atoms with van der Waals surface area (Å²) in [6.07, 6.45) is 3.14. The molecule has 2 heterocycles. The Hall–Kier alpha value is -3.13. The van der Waals surface area contributed by atoms with Crippen molar-refractivity contribution in [2.24, 2.45) is 0 Å². The Balaban J connectivity index is 2.37. The zero-order valence-corrected chi connectivity index (χ0v) is 10.3. The molecule has 0 saturated carbocycles. The molecule has 1 aromatic carbocycles. The van der Waals surface area contributed by atoms with Crippen molar-refractivity contribution in [3.8, 4) is 11.9 Å². The van der Waals surface area contributed by atoms with Crippen LogP contribution in [0.4, 0.5) is 0 Å². The number of nitrogens with zero attached hydrogens (tertiary/aromatic N) is 3. The molecule has 0 amide bonds. The quantitative estimate of drug-likeness (QED) is 0.770. The van der Waals surface area contributed by atoms with Gasteiger partial charge in [-0.1, -0.05) is 18.2 Å². The van der Waals surface area contributed by atoms with Gasteiger partial charge in [-0.05, 0) is 18.2 Å². The van der Waals surface area contributed by atoms with Gasteiger partial charge in [0.25, 0.3) is 0 Å². The second kappa shape index (κ2) is 4.52. The summed E-state index contributed by atoms with van der Waals surface area (Å²) in [5.41, 5.74) is 1.34. The Morgan fingerprint density at radius 1 is 1.25 bits per heavy atom. The standard InChI is InChI=1S/C15H9N3O2/c16-8-10-9-18(13-6-2-1-4-11(10)13)14-12(15(19)20)5-3-7-17-14/h1-7,9H,(H,19,20). The number of aromatic carboxylic acids is 1. The molecule has 20 heavy (non-hydrogen) atoms. The van der Waals surface area contributed by atoms with Crippen molar-refractivity contribution in [1.82, 2.24) is 9.55 Å². The molecule has 0 aliphatic rings. The summed E-state index contributed by atoms with van der Waals surface area (Å²) >= 11 is 0. The minimum atomic E-state index is -1.05. The maximum Gasteiger partial charge on any atom is 0.339 e. The van der Waals surface area contributed by atoms with Crippen LogP contribution in [0.3, 0.4) is 0 Å². The molecule has 5 nitrogen and oxygen atoms in total. The highest BCUT2D eigenvalue weighted by atomic mass is 16.4. The molecule has 0 saturated heterocycles. The maximum atomic E-state index is 11.3. The average molecular weight is 263 g/mol. The lowest BCUT2D eigenvalue weighted by molar-refractivity contribution is 0.0696. The lowest BCUT2D eigenvalue weighted by Gasteiger charge is -2.07. The minimum Gasteiger partial charge on any atom is -0.478 e. The minimum absolute atomic E-state index is 0.0951. The molecule has 0 aliphatic carbocycles. The monoisotopic (exact) mass is 263 g/mol. The van der Waals surface area contributed by atoms with Crippen LogP contribution in [0.1, 0.15) is 15.9 Å². The van der Waals surface area contributed by atoms with E-state index in [4.69, 9.17) is 0 Å². The Bertz CT molecular complexity index is 859. The molecule has 0 bridgehead atoms. The summed E-state index contributed by atoms with van der Waals surface area (Å²) < 4.78 is 1.64. The lowest BCUT2D eigenvalue weighted by atomic mass is 10.2. The Labute approximate surface area is 114 Å². The molecule has 96 valence electrons. The highest BCUT2D eigenvalue weighted by Gasteiger charge is 2.16. The van der Waals surface area contributed by atoms with E-state index in [1.54, 1.807) is 16.8 Å². The van der Waals surface area contributed by atoms with Gasteiger partial charge in [-0.2, -0.15) is 5.26 Å². The van der Waals surface area contributed by atoms with E-state index in [9.17, 15) is 15.2 Å². The summed E-state index contributed by atoms with van der Waals surface area (Å²) in [4.78, 5) is 15.4. The fraction of sp³-hybridized carbons (Fsp3) is 0. The summed E-state index contributed by atoms with van der Waals surface area (Å²) in [5, 5.41) is 19.2. The Morgan fingerprint density at radius 2 is 2.05 bits per heavy atom. The number of fused-ring (bicyclic) bond motifs is 1. The lowest BCUT2D eigenvalue weighted by Crippen LogP contribution is -2.06. The number of carbonyl (C=O) groups is 1. The third-order valence-electron chi connectivity index (χ3n) is 3.08. The number of nitriles is 1. The van der Waals surface area contributed by atoms with Crippen LogP contribution in [0.5, 0.6) is 0 Å². The molecule has 3 aromatic rings. The van der Waals surface area contributed by atoms with Crippen LogP contribution in [0.15, 0.2) is 48.8 Å². The third-order valence-corrected chi connectivity index (χ3v) is 3.08. The molecule has 1 N–H and O–H groups in total. The number of hydrogen-bond donors (Lipinski definition) is 1. The first-order valence-corrected chi connectivity index (χ1v) is 5.91. The molecule has 3 rings (SSSR count). The number of benzene rings is 1. The number of aromatic nitrogens is 2. The maximum absolute atomic E-state index is 11.3. The zero-order valence-electron chi connectivity index (χ0n) is 10.3. The third kappa shape index (κ3) is 1.71.